The second kappa shape index (κ2) is 2.70. The van der Waals surface area contributed by atoms with E-state index in [0.29, 0.717) is 10.8 Å². The second-order valence-corrected chi connectivity index (χ2v) is 7.05. The first-order valence-corrected chi connectivity index (χ1v) is 6.67. The van der Waals surface area contributed by atoms with Crippen molar-refractivity contribution in [2.45, 2.75) is 59.8 Å². The van der Waals surface area contributed by atoms with Gasteiger partial charge in [-0.3, -0.25) is 0 Å². The van der Waals surface area contributed by atoms with Crippen LogP contribution in [0.25, 0.3) is 0 Å². The minimum Gasteiger partial charge on any atom is -0.0733 e. The summed E-state index contributed by atoms with van der Waals surface area (Å²) in [5, 5.41) is 0. The van der Waals surface area contributed by atoms with Crippen LogP contribution < -0.4 is 0 Å². The zero-order valence-electron chi connectivity index (χ0n) is 10.7. The fourth-order valence-electron chi connectivity index (χ4n) is 4.76. The molecule has 2 fully saturated rings. The minimum atomic E-state index is 0.595. The molecule has 2 saturated carbocycles. The van der Waals surface area contributed by atoms with Crippen molar-refractivity contribution < 1.29 is 0 Å². The number of fused-ring (bicyclic) bond motifs is 3. The lowest BCUT2D eigenvalue weighted by Gasteiger charge is -2.41. The van der Waals surface area contributed by atoms with Crippen molar-refractivity contribution in [1.82, 2.24) is 0 Å². The van der Waals surface area contributed by atoms with Gasteiger partial charge in [-0.2, -0.15) is 0 Å². The van der Waals surface area contributed by atoms with E-state index in [1.807, 2.05) is 5.57 Å². The summed E-state index contributed by atoms with van der Waals surface area (Å²) in [6, 6.07) is 0. The molecule has 84 valence electrons. The van der Waals surface area contributed by atoms with Gasteiger partial charge >= 0.3 is 0 Å². The predicted octanol–water partition coefficient (Wildman–Crippen LogP) is 4.56. The van der Waals surface area contributed by atoms with Gasteiger partial charge in [0, 0.05) is 0 Å². The Kier molecular flexibility index (Phi) is 1.79. The third-order valence-electron chi connectivity index (χ3n) is 5.76. The van der Waals surface area contributed by atoms with Crippen LogP contribution >= 0.6 is 0 Å². The first kappa shape index (κ1) is 9.93. The van der Waals surface area contributed by atoms with Gasteiger partial charge in [0.25, 0.3) is 0 Å². The zero-order valence-corrected chi connectivity index (χ0v) is 10.7. The van der Waals surface area contributed by atoms with Crippen LogP contribution in [0.4, 0.5) is 0 Å². The molecule has 0 radical (unpaired) electrons. The van der Waals surface area contributed by atoms with E-state index in [1.54, 1.807) is 5.57 Å². The number of allylic oxidation sites excluding steroid dienone is 2. The van der Waals surface area contributed by atoms with Crippen molar-refractivity contribution in [3.63, 3.8) is 0 Å². The molecule has 0 aromatic heterocycles. The molecule has 3 aliphatic rings. The summed E-state index contributed by atoms with van der Waals surface area (Å²) in [6.07, 6.45) is 7.22. The van der Waals surface area contributed by atoms with Gasteiger partial charge in [-0.15, -0.1) is 0 Å². The number of hydrogen-bond acceptors (Lipinski definition) is 0. The van der Waals surface area contributed by atoms with E-state index in [4.69, 9.17) is 0 Å². The Morgan fingerprint density at radius 3 is 2.60 bits per heavy atom. The summed E-state index contributed by atoms with van der Waals surface area (Å²) in [5.74, 6) is 1.98. The monoisotopic (exact) mass is 204 g/mol. The first-order chi connectivity index (χ1) is 6.97. The Morgan fingerprint density at radius 2 is 1.87 bits per heavy atom. The van der Waals surface area contributed by atoms with Crippen LogP contribution in [0.1, 0.15) is 59.8 Å². The zero-order chi connectivity index (χ0) is 10.8. The normalized spacial score (nSPS) is 47.2. The Labute approximate surface area is 94.1 Å². The molecule has 0 aromatic carbocycles. The van der Waals surface area contributed by atoms with Crippen LogP contribution in [0.2, 0.25) is 0 Å². The Hall–Kier alpha value is -0.260. The van der Waals surface area contributed by atoms with Crippen LogP contribution in [0, 0.1) is 22.7 Å². The maximum atomic E-state index is 2.54. The molecule has 15 heavy (non-hydrogen) atoms. The lowest BCUT2D eigenvalue weighted by molar-refractivity contribution is 0.250. The van der Waals surface area contributed by atoms with Crippen LogP contribution in [0.5, 0.6) is 0 Å². The van der Waals surface area contributed by atoms with Gasteiger partial charge in [0.15, 0.2) is 0 Å². The fourth-order valence-corrected chi connectivity index (χ4v) is 4.76. The summed E-state index contributed by atoms with van der Waals surface area (Å²) < 4.78 is 0. The van der Waals surface area contributed by atoms with Gasteiger partial charge in [-0.05, 0) is 61.7 Å². The van der Waals surface area contributed by atoms with E-state index < -0.39 is 0 Å². The summed E-state index contributed by atoms with van der Waals surface area (Å²) in [6.45, 7) is 9.92. The maximum absolute atomic E-state index is 2.54. The van der Waals surface area contributed by atoms with Crippen molar-refractivity contribution >= 4 is 0 Å². The smallest absolute Gasteiger partial charge is 0.0107 e. The van der Waals surface area contributed by atoms with E-state index in [-0.39, 0.29) is 0 Å². The van der Waals surface area contributed by atoms with Gasteiger partial charge in [-0.25, -0.2) is 0 Å². The number of hydrogen-bond donors (Lipinski definition) is 0. The summed E-state index contributed by atoms with van der Waals surface area (Å²) in [4.78, 5) is 0. The van der Waals surface area contributed by atoms with E-state index in [2.05, 4.69) is 27.7 Å². The highest BCUT2D eigenvalue weighted by Gasteiger charge is 2.64. The van der Waals surface area contributed by atoms with Crippen molar-refractivity contribution in [3.05, 3.63) is 11.1 Å². The third-order valence-corrected chi connectivity index (χ3v) is 5.76. The molecule has 3 atom stereocenters. The largest absolute Gasteiger partial charge is 0.0733 e. The van der Waals surface area contributed by atoms with Crippen LogP contribution in [-0.4, -0.2) is 0 Å². The summed E-state index contributed by atoms with van der Waals surface area (Å²) in [7, 11) is 0. The fraction of sp³-hybridized carbons (Fsp3) is 0.867. The van der Waals surface area contributed by atoms with Crippen molar-refractivity contribution in [2.75, 3.05) is 0 Å². The molecule has 0 unspecified atom stereocenters. The molecular weight excluding hydrogens is 180 g/mol. The second-order valence-electron chi connectivity index (χ2n) is 7.05. The molecule has 0 bridgehead atoms. The molecule has 0 aromatic rings. The average Bonchev–Trinajstić information content (AvgIpc) is 2.68. The standard InChI is InChI=1S/C15H24/c1-10-6-5-8-15(4)9-7-11-13(12(10)15)14(11,2)3/h11,13H,5-9H2,1-4H3/t11-,13-,15-/m1/s1. The van der Waals surface area contributed by atoms with Crippen molar-refractivity contribution in [2.24, 2.45) is 22.7 Å². The summed E-state index contributed by atoms with van der Waals surface area (Å²) >= 11 is 0. The Balaban J connectivity index is 2.05. The van der Waals surface area contributed by atoms with Crippen LogP contribution in [-0.2, 0) is 0 Å². The molecule has 0 spiro atoms. The SMILES string of the molecule is CC1=C2[C@H]3[C@@H](CC[C@@]2(C)CCC1)C3(C)C. The molecule has 3 aliphatic carbocycles. The molecular formula is C15H24. The summed E-state index contributed by atoms with van der Waals surface area (Å²) in [5.41, 5.74) is 4.88. The molecule has 0 saturated heterocycles. The topological polar surface area (TPSA) is 0 Å². The predicted molar refractivity (Wildman–Crippen MR) is 64.7 cm³/mol. The number of rotatable bonds is 0. The van der Waals surface area contributed by atoms with Gasteiger partial charge < -0.3 is 0 Å². The van der Waals surface area contributed by atoms with Gasteiger partial charge in [-0.1, -0.05) is 31.9 Å². The van der Waals surface area contributed by atoms with E-state index in [9.17, 15) is 0 Å². The Morgan fingerprint density at radius 1 is 1.13 bits per heavy atom. The highest BCUT2D eigenvalue weighted by Crippen LogP contribution is 2.72. The molecule has 0 aliphatic heterocycles. The van der Waals surface area contributed by atoms with E-state index in [0.717, 1.165) is 11.8 Å². The van der Waals surface area contributed by atoms with Crippen LogP contribution in [0.3, 0.4) is 0 Å². The highest BCUT2D eigenvalue weighted by atomic mass is 14.7. The van der Waals surface area contributed by atoms with Gasteiger partial charge in [0.05, 0.1) is 0 Å². The average molecular weight is 204 g/mol. The lowest BCUT2D eigenvalue weighted by Crippen LogP contribution is -2.28. The van der Waals surface area contributed by atoms with Crippen LogP contribution in [0.15, 0.2) is 11.1 Å². The van der Waals surface area contributed by atoms with Gasteiger partial charge in [0.2, 0.25) is 0 Å². The quantitative estimate of drug-likeness (QED) is 0.507. The lowest BCUT2D eigenvalue weighted by atomic mass is 9.64. The molecule has 0 nitrogen and oxygen atoms in total. The van der Waals surface area contributed by atoms with E-state index >= 15 is 0 Å². The molecule has 0 amide bonds. The molecule has 3 rings (SSSR count). The minimum absolute atomic E-state index is 0.595. The van der Waals surface area contributed by atoms with Crippen molar-refractivity contribution in [1.29, 1.82) is 0 Å². The molecule has 0 heteroatoms. The first-order valence-electron chi connectivity index (χ1n) is 6.67. The third kappa shape index (κ3) is 1.14. The Bertz CT molecular complexity index is 334. The van der Waals surface area contributed by atoms with Gasteiger partial charge in [0.1, 0.15) is 0 Å². The highest BCUT2D eigenvalue weighted by molar-refractivity contribution is 5.36. The molecule has 0 heterocycles. The van der Waals surface area contributed by atoms with Crippen molar-refractivity contribution in [3.8, 4) is 0 Å². The maximum Gasteiger partial charge on any atom is -0.0107 e. The molecule has 0 N–H and O–H groups in total. The van der Waals surface area contributed by atoms with E-state index in [1.165, 1.54) is 32.1 Å².